The smallest absolute Gasteiger partial charge is 0.355 e. The lowest BCUT2D eigenvalue weighted by molar-refractivity contribution is -0.119. The van der Waals surface area contributed by atoms with E-state index in [9.17, 15) is 28.8 Å². The Morgan fingerprint density at radius 1 is 0.589 bits per heavy atom. The van der Waals surface area contributed by atoms with Crippen LogP contribution in [0.2, 0.25) is 0 Å². The van der Waals surface area contributed by atoms with Gasteiger partial charge in [-0.1, -0.05) is 166 Å². The first-order valence-electron chi connectivity index (χ1n) is 35.1. The number of amides is 2. The van der Waals surface area contributed by atoms with Crippen LogP contribution in [0, 0.1) is 5.92 Å². The van der Waals surface area contributed by atoms with Crippen molar-refractivity contribution >= 4 is 46.7 Å². The van der Waals surface area contributed by atoms with Gasteiger partial charge in [0.2, 0.25) is 11.8 Å². The number of ether oxygens (including phenoxy) is 2. The normalized spacial score (nSPS) is 18.9. The van der Waals surface area contributed by atoms with Crippen LogP contribution < -0.4 is 20.4 Å². The summed E-state index contributed by atoms with van der Waals surface area (Å²) in [7, 11) is 1.37. The molecule has 0 saturated heterocycles. The standard InChI is InChI=1S/C23H34N2O.C21H25NO4.C20H23NO3.C16H24N2O/c1-5-23(26)25-17(4)15-21(20-8-6-7-9-22(20)25)24-19-12-10-18(11-13-19)14-16(2)3;1-14(2)16-8-6-15(7-9-16)13-22-18-4-3-5-20(24)17(18)12-19(22)21(25)26-11-10-23;1-13(2)15-9-7-14(8-10-15)12-21-17-5-4-6-19(22)16(17)11-18(21)20(23)24-3;1-5-16(19)18-12(4)10-14(17-11(2)3)13-8-6-7-9-15(13)18/h6-9,14,16-17,19,21,24H,5,10-13,15H2,1-4H3;6-9,12,14,23H,3-5,10-11,13H2,1-2H3;7-11,13H,4-6,12H2,1-3H3;6-9,11-12,14,17H,5,10H2,1-4H3. The SMILES string of the molecule is CC(C)c1ccc(Cn2c(C(=O)OCCO)cc3c2CCCC3=O)cc1.CCC(=O)N1c2ccccc2C(NC(C)C)CC1C.CCC(=O)N1c2ccccc2C(NC2CCC(=CC(C)C)CC2)CC1C.COC(=O)c1cc2c(n1Cc1ccc(C(C)C)cc1)CCCC2=O. The molecule has 6 aromatic rings. The van der Waals surface area contributed by atoms with Gasteiger partial charge in [0, 0.05) is 109 Å². The van der Waals surface area contributed by atoms with Crippen LogP contribution >= 0.6 is 0 Å². The number of aromatic nitrogens is 2. The van der Waals surface area contributed by atoms with Crippen LogP contribution in [-0.2, 0) is 45.0 Å². The van der Waals surface area contributed by atoms with Gasteiger partial charge >= 0.3 is 11.9 Å². The molecule has 2 aliphatic heterocycles. The largest absolute Gasteiger partial charge is 0.464 e. The fraction of sp³-hybridized carbons (Fsp3) is 0.500. The minimum atomic E-state index is -0.500. The number of para-hydroxylation sites is 2. The second kappa shape index (κ2) is 34.3. The second-order valence-electron chi connectivity index (χ2n) is 27.6. The molecule has 15 nitrogen and oxygen atoms in total. The van der Waals surface area contributed by atoms with Crippen molar-refractivity contribution in [1.82, 2.24) is 19.8 Å². The molecule has 4 heterocycles. The summed E-state index contributed by atoms with van der Waals surface area (Å²) in [5.74, 6) is 1.35. The van der Waals surface area contributed by atoms with Crippen molar-refractivity contribution in [2.45, 2.75) is 234 Å². The van der Waals surface area contributed by atoms with Crippen molar-refractivity contribution in [1.29, 1.82) is 0 Å². The molecule has 1 saturated carbocycles. The number of carbonyl (C=O) groups excluding carboxylic acids is 6. The molecule has 3 aliphatic carbocycles. The van der Waals surface area contributed by atoms with E-state index in [4.69, 9.17) is 14.6 Å². The predicted molar refractivity (Wildman–Crippen MR) is 380 cm³/mol. The molecule has 1 fully saturated rings. The Bertz CT molecular complexity index is 3620. The summed E-state index contributed by atoms with van der Waals surface area (Å²) < 4.78 is 13.9. The van der Waals surface area contributed by atoms with Crippen LogP contribution in [0.1, 0.15) is 271 Å². The number of fused-ring (bicyclic) bond motifs is 4. The van der Waals surface area contributed by atoms with Crippen molar-refractivity contribution in [2.24, 2.45) is 5.92 Å². The highest BCUT2D eigenvalue weighted by Crippen LogP contribution is 2.40. The Hall–Kier alpha value is -7.72. The number of aliphatic hydroxyl groups excluding tert-OH is 1. The van der Waals surface area contributed by atoms with Crippen LogP contribution in [-0.4, -0.2) is 94.1 Å². The van der Waals surface area contributed by atoms with Gasteiger partial charge < -0.3 is 44.1 Å². The maximum Gasteiger partial charge on any atom is 0.355 e. The Morgan fingerprint density at radius 3 is 1.45 bits per heavy atom. The number of Topliss-reactive ketones (excluding diaryl/α,β-unsaturated/α-hetero) is 2. The van der Waals surface area contributed by atoms with Gasteiger partial charge in [0.1, 0.15) is 18.0 Å². The van der Waals surface area contributed by atoms with Gasteiger partial charge in [-0.3, -0.25) is 19.2 Å². The molecule has 0 spiro atoms. The highest BCUT2D eigenvalue weighted by atomic mass is 16.5. The predicted octanol–water partition coefficient (Wildman–Crippen LogP) is 15.9. The molecule has 2 amide bonds. The molecule has 5 aliphatic rings. The van der Waals surface area contributed by atoms with Gasteiger partial charge in [0.05, 0.1) is 13.7 Å². The number of hydrogen-bond acceptors (Lipinski definition) is 11. The average molecular weight is 1300 g/mol. The van der Waals surface area contributed by atoms with Crippen molar-refractivity contribution in [3.8, 4) is 0 Å². The molecular formula is C80H106N6O9. The van der Waals surface area contributed by atoms with Gasteiger partial charge in [0.25, 0.3) is 0 Å². The zero-order chi connectivity index (χ0) is 68.6. The fourth-order valence-electron chi connectivity index (χ4n) is 14.2. The van der Waals surface area contributed by atoms with Crippen LogP contribution in [0.5, 0.6) is 0 Å². The summed E-state index contributed by atoms with van der Waals surface area (Å²) >= 11 is 0. The van der Waals surface area contributed by atoms with Gasteiger partial charge in [-0.15, -0.1) is 0 Å². The van der Waals surface area contributed by atoms with E-state index in [2.05, 4.69) is 171 Å². The number of anilines is 2. The first-order valence-corrected chi connectivity index (χ1v) is 35.1. The topological polar surface area (TPSA) is 182 Å². The minimum absolute atomic E-state index is 0.0499. The maximum absolute atomic E-state index is 12.5. The van der Waals surface area contributed by atoms with Crippen LogP contribution in [0.4, 0.5) is 11.4 Å². The summed E-state index contributed by atoms with van der Waals surface area (Å²) in [5, 5.41) is 16.4. The molecule has 15 heteroatoms. The molecule has 4 aromatic carbocycles. The minimum Gasteiger partial charge on any atom is -0.464 e. The summed E-state index contributed by atoms with van der Waals surface area (Å²) in [4.78, 5) is 77.6. The van der Waals surface area contributed by atoms with E-state index in [0.29, 0.717) is 103 Å². The van der Waals surface area contributed by atoms with E-state index in [0.717, 1.165) is 72.4 Å². The average Bonchev–Trinajstić information content (AvgIpc) is 1.53. The molecule has 3 N–H and O–H groups in total. The number of carbonyl (C=O) groups is 6. The zero-order valence-electron chi connectivity index (χ0n) is 58.9. The van der Waals surface area contributed by atoms with E-state index in [1.54, 1.807) is 17.7 Å². The maximum atomic E-state index is 12.5. The number of methoxy groups -OCH3 is 1. The quantitative estimate of drug-likeness (QED) is 0.0584. The first-order chi connectivity index (χ1) is 45.5. The Morgan fingerprint density at radius 2 is 1.03 bits per heavy atom. The number of hydrogen-bond donors (Lipinski definition) is 3. The molecular weight excluding hydrogens is 1190 g/mol. The van der Waals surface area contributed by atoms with Crippen LogP contribution in [0.15, 0.2) is 121 Å². The molecule has 11 rings (SSSR count). The lowest BCUT2D eigenvalue weighted by Crippen LogP contribution is -2.47. The van der Waals surface area contributed by atoms with E-state index in [1.165, 1.54) is 55.0 Å². The zero-order valence-corrected chi connectivity index (χ0v) is 58.9. The number of aliphatic hydroxyl groups is 1. The highest BCUT2D eigenvalue weighted by Gasteiger charge is 2.36. The lowest BCUT2D eigenvalue weighted by atomic mass is 9.86. The molecule has 2 aromatic heterocycles. The third-order valence-corrected chi connectivity index (χ3v) is 19.0. The molecule has 510 valence electrons. The van der Waals surface area contributed by atoms with Gasteiger partial charge in [-0.25, -0.2) is 9.59 Å². The molecule has 4 atom stereocenters. The summed E-state index contributed by atoms with van der Waals surface area (Å²) in [5.41, 5.74) is 15.1. The van der Waals surface area contributed by atoms with E-state index in [-0.39, 0.29) is 48.7 Å². The highest BCUT2D eigenvalue weighted by molar-refractivity contribution is 6.02. The van der Waals surface area contributed by atoms with Crippen LogP contribution in [0.25, 0.3) is 0 Å². The van der Waals surface area contributed by atoms with Crippen molar-refractivity contribution in [3.63, 3.8) is 0 Å². The molecule has 4 unspecified atom stereocenters. The second-order valence-corrected chi connectivity index (χ2v) is 27.6. The fourth-order valence-corrected chi connectivity index (χ4v) is 14.2. The number of nitrogens with one attached hydrogen (secondary N) is 2. The monoisotopic (exact) mass is 1290 g/mol. The Labute approximate surface area is 565 Å². The van der Waals surface area contributed by atoms with E-state index in [1.807, 2.05) is 44.9 Å². The summed E-state index contributed by atoms with van der Waals surface area (Å²) in [6, 6.07) is 39.0. The third-order valence-electron chi connectivity index (χ3n) is 19.0. The number of benzene rings is 4. The summed E-state index contributed by atoms with van der Waals surface area (Å²) in [6.07, 6.45) is 14.7. The first kappa shape index (κ1) is 73.1. The van der Waals surface area contributed by atoms with Crippen molar-refractivity contribution in [3.05, 3.63) is 188 Å². The Balaban J connectivity index is 0.000000163. The number of nitrogens with zero attached hydrogens (tertiary/aromatic N) is 4. The number of esters is 2. The van der Waals surface area contributed by atoms with Crippen LogP contribution in [0.3, 0.4) is 0 Å². The number of allylic oxidation sites excluding steroid dienone is 2. The van der Waals surface area contributed by atoms with Crippen molar-refractivity contribution < 1.29 is 43.3 Å². The summed E-state index contributed by atoms with van der Waals surface area (Å²) in [6.45, 7) is 26.5. The molecule has 0 radical (unpaired) electrons. The number of rotatable bonds is 17. The van der Waals surface area contributed by atoms with E-state index < -0.39 is 11.9 Å². The lowest BCUT2D eigenvalue weighted by Gasteiger charge is -2.41. The van der Waals surface area contributed by atoms with E-state index >= 15 is 0 Å². The molecule has 95 heavy (non-hydrogen) atoms. The van der Waals surface area contributed by atoms with Gasteiger partial charge in [-0.2, -0.15) is 0 Å². The van der Waals surface area contributed by atoms with Crippen molar-refractivity contribution in [2.75, 3.05) is 30.1 Å². The van der Waals surface area contributed by atoms with Gasteiger partial charge in [-0.05, 0) is 153 Å². The van der Waals surface area contributed by atoms with Gasteiger partial charge in [0.15, 0.2) is 11.6 Å². The molecule has 0 bridgehead atoms. The number of ketones is 2. The third kappa shape index (κ3) is 18.4. The Kier molecular flexibility index (Phi) is 26.4.